The summed E-state index contributed by atoms with van der Waals surface area (Å²) in [5, 5.41) is 15.4. The van der Waals surface area contributed by atoms with Gasteiger partial charge in [0.05, 0.1) is 5.69 Å². The SMILES string of the molecule is CCn1c(SCc2csc(NC(C)=O)n2)nnc1-c1ccc(Cl)cc1. The fourth-order valence-electron chi connectivity index (χ4n) is 2.21. The lowest BCUT2D eigenvalue weighted by Gasteiger charge is -2.07. The molecule has 130 valence electrons. The highest BCUT2D eigenvalue weighted by molar-refractivity contribution is 7.98. The van der Waals surface area contributed by atoms with Crippen molar-refractivity contribution < 1.29 is 4.79 Å². The van der Waals surface area contributed by atoms with Gasteiger partial charge in [-0.2, -0.15) is 0 Å². The number of rotatable bonds is 6. The average molecular weight is 394 g/mol. The summed E-state index contributed by atoms with van der Waals surface area (Å²) in [5.74, 6) is 1.36. The van der Waals surface area contributed by atoms with Crippen molar-refractivity contribution in [3.63, 3.8) is 0 Å². The number of amides is 1. The number of nitrogens with one attached hydrogen (secondary N) is 1. The Kier molecular flexibility index (Phi) is 5.72. The number of thiazole rings is 1. The van der Waals surface area contributed by atoms with E-state index in [1.54, 1.807) is 11.8 Å². The van der Waals surface area contributed by atoms with Crippen LogP contribution in [0, 0.1) is 0 Å². The number of nitrogens with zero attached hydrogens (tertiary/aromatic N) is 4. The third-order valence-electron chi connectivity index (χ3n) is 3.32. The van der Waals surface area contributed by atoms with E-state index in [2.05, 4.69) is 32.0 Å². The Morgan fingerprint density at radius 1 is 1.32 bits per heavy atom. The minimum Gasteiger partial charge on any atom is -0.302 e. The van der Waals surface area contributed by atoms with E-state index in [4.69, 9.17) is 11.6 Å². The molecule has 0 unspecified atom stereocenters. The summed E-state index contributed by atoms with van der Waals surface area (Å²) in [6.45, 7) is 4.30. The number of carbonyl (C=O) groups excluding carboxylic acids is 1. The predicted octanol–water partition coefficient (Wildman–Crippen LogP) is 4.33. The lowest BCUT2D eigenvalue weighted by Crippen LogP contribution is -2.05. The number of benzene rings is 1. The van der Waals surface area contributed by atoms with Crippen molar-refractivity contribution in [2.24, 2.45) is 0 Å². The average Bonchev–Trinajstić information content (AvgIpc) is 3.19. The highest BCUT2D eigenvalue weighted by Crippen LogP contribution is 2.28. The van der Waals surface area contributed by atoms with Crippen LogP contribution in [-0.4, -0.2) is 25.7 Å². The number of hydrogen-bond acceptors (Lipinski definition) is 6. The lowest BCUT2D eigenvalue weighted by molar-refractivity contribution is -0.114. The molecule has 1 N–H and O–H groups in total. The van der Waals surface area contributed by atoms with E-state index >= 15 is 0 Å². The second-order valence-electron chi connectivity index (χ2n) is 5.17. The van der Waals surface area contributed by atoms with Crippen molar-refractivity contribution in [1.82, 2.24) is 19.7 Å². The van der Waals surface area contributed by atoms with Crippen molar-refractivity contribution in [2.45, 2.75) is 31.3 Å². The van der Waals surface area contributed by atoms with Gasteiger partial charge in [-0.25, -0.2) is 4.98 Å². The molecule has 25 heavy (non-hydrogen) atoms. The smallest absolute Gasteiger partial charge is 0.223 e. The van der Waals surface area contributed by atoms with E-state index in [-0.39, 0.29) is 5.91 Å². The van der Waals surface area contributed by atoms with Gasteiger partial charge in [-0.05, 0) is 31.2 Å². The number of aromatic nitrogens is 4. The molecule has 0 fully saturated rings. The molecule has 0 aliphatic rings. The van der Waals surface area contributed by atoms with Gasteiger partial charge in [0, 0.05) is 35.2 Å². The van der Waals surface area contributed by atoms with Crippen molar-refractivity contribution in [3.8, 4) is 11.4 Å². The predicted molar refractivity (Wildman–Crippen MR) is 102 cm³/mol. The van der Waals surface area contributed by atoms with Gasteiger partial charge >= 0.3 is 0 Å². The second-order valence-corrected chi connectivity index (χ2v) is 7.41. The molecular formula is C16H16ClN5OS2. The molecule has 2 aromatic heterocycles. The Bertz CT molecular complexity index is 875. The van der Waals surface area contributed by atoms with Crippen LogP contribution in [0.2, 0.25) is 5.02 Å². The molecule has 0 saturated carbocycles. The largest absolute Gasteiger partial charge is 0.302 e. The summed E-state index contributed by atoms with van der Waals surface area (Å²) in [5.41, 5.74) is 1.88. The Morgan fingerprint density at radius 2 is 2.08 bits per heavy atom. The summed E-state index contributed by atoms with van der Waals surface area (Å²) in [6, 6.07) is 7.56. The number of hydrogen-bond donors (Lipinski definition) is 1. The minimum atomic E-state index is -0.119. The standard InChI is InChI=1S/C16H16ClN5OS2/c1-3-22-14(11-4-6-12(17)7-5-11)20-21-16(22)25-9-13-8-24-15(19-13)18-10(2)23/h4-8H,3,9H2,1-2H3,(H,18,19,23). The lowest BCUT2D eigenvalue weighted by atomic mass is 10.2. The molecule has 6 nitrogen and oxygen atoms in total. The summed E-state index contributed by atoms with van der Waals surface area (Å²) >= 11 is 8.93. The maximum Gasteiger partial charge on any atom is 0.223 e. The van der Waals surface area contributed by atoms with Crippen molar-refractivity contribution >= 4 is 45.7 Å². The summed E-state index contributed by atoms with van der Waals surface area (Å²) in [4.78, 5) is 15.5. The number of anilines is 1. The quantitative estimate of drug-likeness (QED) is 0.631. The molecule has 3 aromatic rings. The summed E-state index contributed by atoms with van der Waals surface area (Å²) in [6.07, 6.45) is 0. The first-order valence-electron chi connectivity index (χ1n) is 7.60. The van der Waals surface area contributed by atoms with Crippen LogP contribution in [0.15, 0.2) is 34.8 Å². The van der Waals surface area contributed by atoms with Crippen LogP contribution in [0.1, 0.15) is 19.5 Å². The molecule has 0 spiro atoms. The first-order valence-corrected chi connectivity index (χ1v) is 9.85. The molecule has 0 atom stereocenters. The third kappa shape index (κ3) is 4.39. The van der Waals surface area contributed by atoms with Crippen LogP contribution in [-0.2, 0) is 17.1 Å². The van der Waals surface area contributed by atoms with Crippen LogP contribution >= 0.6 is 34.7 Å². The number of thioether (sulfide) groups is 1. The van der Waals surface area contributed by atoms with Crippen molar-refractivity contribution in [3.05, 3.63) is 40.4 Å². The van der Waals surface area contributed by atoms with Crippen LogP contribution < -0.4 is 5.32 Å². The molecule has 1 amide bonds. The normalized spacial score (nSPS) is 10.8. The van der Waals surface area contributed by atoms with E-state index < -0.39 is 0 Å². The first-order chi connectivity index (χ1) is 12.1. The Hall–Kier alpha value is -1.90. The summed E-state index contributed by atoms with van der Waals surface area (Å²) < 4.78 is 2.06. The molecule has 0 saturated heterocycles. The second kappa shape index (κ2) is 7.99. The Morgan fingerprint density at radius 3 is 2.76 bits per heavy atom. The monoisotopic (exact) mass is 393 g/mol. The molecule has 3 rings (SSSR count). The maximum absolute atomic E-state index is 11.1. The van der Waals surface area contributed by atoms with E-state index in [1.165, 1.54) is 18.3 Å². The van der Waals surface area contributed by atoms with Gasteiger partial charge in [0.25, 0.3) is 0 Å². The topological polar surface area (TPSA) is 72.7 Å². The molecular weight excluding hydrogens is 378 g/mol. The minimum absolute atomic E-state index is 0.119. The van der Waals surface area contributed by atoms with E-state index in [1.807, 2.05) is 29.6 Å². The molecule has 2 heterocycles. The highest BCUT2D eigenvalue weighted by atomic mass is 35.5. The van der Waals surface area contributed by atoms with Gasteiger partial charge in [0.1, 0.15) is 0 Å². The van der Waals surface area contributed by atoms with Gasteiger partial charge < -0.3 is 9.88 Å². The molecule has 0 bridgehead atoms. The van der Waals surface area contributed by atoms with Gasteiger partial charge in [-0.15, -0.1) is 21.5 Å². The van der Waals surface area contributed by atoms with Crippen LogP contribution in [0.3, 0.4) is 0 Å². The Balaban J connectivity index is 1.74. The van der Waals surface area contributed by atoms with E-state index in [0.29, 0.717) is 15.9 Å². The van der Waals surface area contributed by atoms with Crippen LogP contribution in [0.4, 0.5) is 5.13 Å². The van der Waals surface area contributed by atoms with Crippen molar-refractivity contribution in [2.75, 3.05) is 5.32 Å². The summed E-state index contributed by atoms with van der Waals surface area (Å²) in [7, 11) is 0. The Labute approximate surface area is 158 Å². The molecule has 0 aliphatic carbocycles. The maximum atomic E-state index is 11.1. The zero-order chi connectivity index (χ0) is 17.8. The number of carbonyl (C=O) groups is 1. The molecule has 9 heteroatoms. The first kappa shape index (κ1) is 17.9. The van der Waals surface area contributed by atoms with Crippen LogP contribution in [0.5, 0.6) is 0 Å². The highest BCUT2D eigenvalue weighted by Gasteiger charge is 2.14. The van der Waals surface area contributed by atoms with Gasteiger partial charge in [-0.1, -0.05) is 23.4 Å². The van der Waals surface area contributed by atoms with E-state index in [0.717, 1.165) is 28.8 Å². The molecule has 1 aromatic carbocycles. The fraction of sp³-hybridized carbons (Fsp3) is 0.250. The zero-order valence-corrected chi connectivity index (χ0v) is 16.1. The zero-order valence-electron chi connectivity index (χ0n) is 13.7. The van der Waals surface area contributed by atoms with Gasteiger partial charge in [-0.3, -0.25) is 4.79 Å². The number of halogens is 1. The van der Waals surface area contributed by atoms with Gasteiger partial charge in [0.15, 0.2) is 16.1 Å². The molecule has 0 aliphatic heterocycles. The fourth-order valence-corrected chi connectivity index (χ4v) is 4.10. The van der Waals surface area contributed by atoms with Crippen LogP contribution in [0.25, 0.3) is 11.4 Å². The third-order valence-corrected chi connectivity index (χ3v) is 5.38. The van der Waals surface area contributed by atoms with Crippen molar-refractivity contribution in [1.29, 1.82) is 0 Å². The van der Waals surface area contributed by atoms with E-state index in [9.17, 15) is 4.79 Å². The van der Waals surface area contributed by atoms with Gasteiger partial charge in [0.2, 0.25) is 5.91 Å². The molecule has 0 radical (unpaired) electrons.